The summed E-state index contributed by atoms with van der Waals surface area (Å²) in [5.41, 5.74) is 6.41. The molecule has 0 heterocycles. The van der Waals surface area contributed by atoms with Crippen LogP contribution in [-0.2, 0) is 0 Å². The van der Waals surface area contributed by atoms with Gasteiger partial charge < -0.3 is 5.73 Å². The summed E-state index contributed by atoms with van der Waals surface area (Å²) in [5, 5.41) is 0. The molecule has 0 aromatic heterocycles. The number of nitrogens with two attached hydrogens (primary N) is 1. The second-order valence-corrected chi connectivity index (χ2v) is 5.03. The topological polar surface area (TPSA) is 26.0 Å². The fourth-order valence-corrected chi connectivity index (χ4v) is 2.50. The Kier molecular flexibility index (Phi) is 4.33. The first-order chi connectivity index (χ1) is 8.65. The van der Waals surface area contributed by atoms with Crippen molar-refractivity contribution in [1.82, 2.24) is 0 Å². The molecule has 4 heteroatoms. The van der Waals surface area contributed by atoms with Crippen molar-refractivity contribution in [2.45, 2.75) is 10.9 Å². The fraction of sp³-hybridized carbons (Fsp3) is 0.143. The van der Waals surface area contributed by atoms with E-state index < -0.39 is 11.6 Å². The van der Waals surface area contributed by atoms with E-state index in [1.807, 2.05) is 30.3 Å². The Morgan fingerprint density at radius 2 is 1.61 bits per heavy atom. The van der Waals surface area contributed by atoms with Gasteiger partial charge in [0, 0.05) is 22.8 Å². The molecule has 0 saturated heterocycles. The molecule has 2 aromatic rings. The van der Waals surface area contributed by atoms with Crippen LogP contribution in [0.3, 0.4) is 0 Å². The molecular formula is C14H13F2NS. The number of thioether (sulfide) groups is 1. The molecule has 2 aromatic carbocycles. The zero-order valence-electron chi connectivity index (χ0n) is 9.64. The highest BCUT2D eigenvalue weighted by molar-refractivity contribution is 7.99. The van der Waals surface area contributed by atoms with Crippen LogP contribution in [-0.4, -0.2) is 5.75 Å². The first kappa shape index (κ1) is 13.1. The number of rotatable bonds is 4. The standard InChI is InChI=1S/C14H13F2NS/c15-11-6-10(7-12(16)8-11)14(17)9-18-13-4-2-1-3-5-13/h1-8,14H,9,17H2. The van der Waals surface area contributed by atoms with Crippen LogP contribution in [0.15, 0.2) is 53.4 Å². The van der Waals surface area contributed by atoms with Gasteiger partial charge in [-0.2, -0.15) is 0 Å². The average Bonchev–Trinajstić information content (AvgIpc) is 2.36. The van der Waals surface area contributed by atoms with E-state index in [9.17, 15) is 8.78 Å². The highest BCUT2D eigenvalue weighted by Gasteiger charge is 2.09. The van der Waals surface area contributed by atoms with Gasteiger partial charge in [-0.1, -0.05) is 18.2 Å². The van der Waals surface area contributed by atoms with Crippen molar-refractivity contribution in [3.05, 3.63) is 65.7 Å². The monoisotopic (exact) mass is 265 g/mol. The first-order valence-electron chi connectivity index (χ1n) is 5.54. The smallest absolute Gasteiger partial charge is 0.126 e. The molecule has 0 aliphatic rings. The lowest BCUT2D eigenvalue weighted by molar-refractivity contribution is 0.576. The largest absolute Gasteiger partial charge is 0.323 e. The normalized spacial score (nSPS) is 12.4. The molecule has 0 saturated carbocycles. The third-order valence-corrected chi connectivity index (χ3v) is 3.62. The van der Waals surface area contributed by atoms with Crippen LogP contribution in [0.4, 0.5) is 8.78 Å². The first-order valence-corrected chi connectivity index (χ1v) is 6.53. The van der Waals surface area contributed by atoms with Gasteiger partial charge in [-0.3, -0.25) is 0 Å². The third kappa shape index (κ3) is 3.55. The van der Waals surface area contributed by atoms with E-state index in [0.717, 1.165) is 11.0 Å². The van der Waals surface area contributed by atoms with E-state index in [1.54, 1.807) is 11.8 Å². The van der Waals surface area contributed by atoms with E-state index in [4.69, 9.17) is 5.73 Å². The Hall–Kier alpha value is -1.39. The lowest BCUT2D eigenvalue weighted by Gasteiger charge is -2.12. The summed E-state index contributed by atoms with van der Waals surface area (Å²) in [7, 11) is 0. The molecule has 94 valence electrons. The van der Waals surface area contributed by atoms with Crippen molar-refractivity contribution >= 4 is 11.8 Å². The van der Waals surface area contributed by atoms with Gasteiger partial charge in [0.25, 0.3) is 0 Å². The number of hydrogen-bond acceptors (Lipinski definition) is 2. The van der Waals surface area contributed by atoms with Gasteiger partial charge in [0.05, 0.1) is 0 Å². The highest BCUT2D eigenvalue weighted by Crippen LogP contribution is 2.23. The minimum absolute atomic E-state index is 0.389. The van der Waals surface area contributed by atoms with Crippen molar-refractivity contribution in [2.24, 2.45) is 5.73 Å². The Morgan fingerprint density at radius 3 is 2.22 bits per heavy atom. The summed E-state index contributed by atoms with van der Waals surface area (Å²) >= 11 is 1.57. The summed E-state index contributed by atoms with van der Waals surface area (Å²) in [6.45, 7) is 0. The van der Waals surface area contributed by atoms with Crippen molar-refractivity contribution in [2.75, 3.05) is 5.75 Å². The van der Waals surface area contributed by atoms with Gasteiger partial charge in [0.2, 0.25) is 0 Å². The average molecular weight is 265 g/mol. The molecule has 1 atom stereocenters. The van der Waals surface area contributed by atoms with Gasteiger partial charge in [0.15, 0.2) is 0 Å². The van der Waals surface area contributed by atoms with Crippen molar-refractivity contribution in [3.8, 4) is 0 Å². The maximum Gasteiger partial charge on any atom is 0.126 e. The summed E-state index contributed by atoms with van der Waals surface area (Å²) in [6.07, 6.45) is 0. The molecule has 0 aliphatic heterocycles. The van der Waals surface area contributed by atoms with Crippen molar-refractivity contribution < 1.29 is 8.78 Å². The second kappa shape index (κ2) is 5.98. The highest BCUT2D eigenvalue weighted by atomic mass is 32.2. The molecule has 0 amide bonds. The van der Waals surface area contributed by atoms with E-state index in [2.05, 4.69) is 0 Å². The molecule has 2 rings (SSSR count). The van der Waals surface area contributed by atoms with Gasteiger partial charge >= 0.3 is 0 Å². The van der Waals surface area contributed by atoms with E-state index in [-0.39, 0.29) is 6.04 Å². The lowest BCUT2D eigenvalue weighted by Crippen LogP contribution is -2.13. The van der Waals surface area contributed by atoms with Crippen LogP contribution in [0.2, 0.25) is 0 Å². The molecule has 1 nitrogen and oxygen atoms in total. The summed E-state index contributed by atoms with van der Waals surface area (Å²) in [4.78, 5) is 1.09. The Bertz CT molecular complexity index is 496. The minimum Gasteiger partial charge on any atom is -0.323 e. The zero-order chi connectivity index (χ0) is 13.0. The van der Waals surface area contributed by atoms with Crippen molar-refractivity contribution in [3.63, 3.8) is 0 Å². The van der Waals surface area contributed by atoms with Gasteiger partial charge in [0.1, 0.15) is 11.6 Å². The van der Waals surface area contributed by atoms with Gasteiger partial charge in [-0.05, 0) is 29.8 Å². The fourth-order valence-electron chi connectivity index (χ4n) is 1.59. The summed E-state index contributed by atoms with van der Waals surface area (Å²) in [6, 6.07) is 12.8. The van der Waals surface area contributed by atoms with Gasteiger partial charge in [-0.25, -0.2) is 8.78 Å². The van der Waals surface area contributed by atoms with Crippen LogP contribution in [0.1, 0.15) is 11.6 Å². The Labute approximate surface area is 109 Å². The quantitative estimate of drug-likeness (QED) is 0.852. The van der Waals surface area contributed by atoms with Crippen LogP contribution in [0, 0.1) is 11.6 Å². The van der Waals surface area contributed by atoms with Crippen molar-refractivity contribution in [1.29, 1.82) is 0 Å². The molecule has 18 heavy (non-hydrogen) atoms. The number of hydrogen-bond donors (Lipinski definition) is 1. The molecule has 1 unspecified atom stereocenters. The Morgan fingerprint density at radius 1 is 1.00 bits per heavy atom. The van der Waals surface area contributed by atoms with Crippen LogP contribution in [0.5, 0.6) is 0 Å². The van der Waals surface area contributed by atoms with Gasteiger partial charge in [-0.15, -0.1) is 11.8 Å². The minimum atomic E-state index is -0.592. The maximum atomic E-state index is 13.0. The summed E-state index contributed by atoms with van der Waals surface area (Å²) in [5.74, 6) is -0.609. The van der Waals surface area contributed by atoms with Crippen LogP contribution in [0.25, 0.3) is 0 Å². The van der Waals surface area contributed by atoms with E-state index in [1.165, 1.54) is 12.1 Å². The number of halogens is 2. The molecule has 2 N–H and O–H groups in total. The van der Waals surface area contributed by atoms with E-state index in [0.29, 0.717) is 11.3 Å². The van der Waals surface area contributed by atoms with Crippen LogP contribution < -0.4 is 5.73 Å². The third-order valence-electron chi connectivity index (χ3n) is 2.49. The zero-order valence-corrected chi connectivity index (χ0v) is 10.5. The lowest BCUT2D eigenvalue weighted by atomic mass is 10.1. The maximum absolute atomic E-state index is 13.0. The molecular weight excluding hydrogens is 252 g/mol. The molecule has 0 spiro atoms. The molecule has 0 fully saturated rings. The predicted octanol–water partition coefficient (Wildman–Crippen LogP) is 3.76. The SMILES string of the molecule is NC(CSc1ccccc1)c1cc(F)cc(F)c1. The Balaban J connectivity index is 2.01. The predicted molar refractivity (Wildman–Crippen MR) is 70.5 cm³/mol. The number of benzene rings is 2. The van der Waals surface area contributed by atoms with E-state index >= 15 is 0 Å². The summed E-state index contributed by atoms with van der Waals surface area (Å²) < 4.78 is 26.1. The molecule has 0 radical (unpaired) electrons. The second-order valence-electron chi connectivity index (χ2n) is 3.93. The van der Waals surface area contributed by atoms with Crippen LogP contribution >= 0.6 is 11.8 Å². The molecule has 0 bridgehead atoms. The molecule has 0 aliphatic carbocycles.